The molecule has 0 saturated carbocycles. The summed E-state index contributed by atoms with van der Waals surface area (Å²) in [6.45, 7) is 2.30. The molecule has 0 bridgehead atoms. The minimum absolute atomic E-state index is 0.0902. The summed E-state index contributed by atoms with van der Waals surface area (Å²) in [5, 5.41) is 9.99. The summed E-state index contributed by atoms with van der Waals surface area (Å²) in [5.74, 6) is 1.19. The number of amides is 1. The number of nitrogens with zero attached hydrogens (tertiary/aromatic N) is 2. The summed E-state index contributed by atoms with van der Waals surface area (Å²) in [4.78, 5) is 16.9. The predicted octanol–water partition coefficient (Wildman–Crippen LogP) is 1.96. The predicted molar refractivity (Wildman–Crippen MR) is 107 cm³/mol. The van der Waals surface area contributed by atoms with Gasteiger partial charge in [-0.3, -0.25) is 4.79 Å². The number of phenolic OH excluding ortho intramolecular Hbond substituents is 1. The number of phenols is 1. The number of ether oxygens (including phenoxy) is 3. The first-order valence-corrected chi connectivity index (χ1v) is 8.91. The van der Waals surface area contributed by atoms with Crippen molar-refractivity contribution in [2.75, 3.05) is 58.1 Å². The van der Waals surface area contributed by atoms with Gasteiger partial charge in [0.1, 0.15) is 17.1 Å². The van der Waals surface area contributed by atoms with Crippen LogP contribution in [0.5, 0.6) is 23.0 Å². The second kappa shape index (κ2) is 8.16. The third-order valence-corrected chi connectivity index (χ3v) is 4.92. The average molecular weight is 387 g/mol. The first kappa shape index (κ1) is 19.5. The van der Waals surface area contributed by atoms with Crippen LogP contribution in [0.15, 0.2) is 30.3 Å². The SMILES string of the molecule is COc1ccc(N2CCN(C(=O)c3c(OC)ccc(OC)c3N)CC2)cc1O. The largest absolute Gasteiger partial charge is 0.504 e. The summed E-state index contributed by atoms with van der Waals surface area (Å²) in [6, 6.07) is 8.64. The van der Waals surface area contributed by atoms with Crippen LogP contribution in [0.2, 0.25) is 0 Å². The van der Waals surface area contributed by atoms with E-state index in [1.165, 1.54) is 21.3 Å². The van der Waals surface area contributed by atoms with E-state index in [4.69, 9.17) is 19.9 Å². The van der Waals surface area contributed by atoms with E-state index in [1.807, 2.05) is 6.07 Å². The number of carbonyl (C=O) groups excluding carboxylic acids is 1. The molecule has 1 saturated heterocycles. The Morgan fingerprint density at radius 3 is 2.07 bits per heavy atom. The Hall–Kier alpha value is -3.29. The number of carbonyl (C=O) groups is 1. The van der Waals surface area contributed by atoms with Crippen LogP contribution in [0, 0.1) is 0 Å². The molecular weight excluding hydrogens is 362 g/mol. The Bertz CT molecular complexity index is 863. The Labute approximate surface area is 164 Å². The molecule has 0 unspecified atom stereocenters. The molecule has 1 fully saturated rings. The topological polar surface area (TPSA) is 97.5 Å². The van der Waals surface area contributed by atoms with Crippen molar-refractivity contribution in [3.63, 3.8) is 0 Å². The number of benzene rings is 2. The van der Waals surface area contributed by atoms with Crippen molar-refractivity contribution in [1.82, 2.24) is 4.90 Å². The van der Waals surface area contributed by atoms with Crippen molar-refractivity contribution in [3.05, 3.63) is 35.9 Å². The van der Waals surface area contributed by atoms with Crippen LogP contribution in [0.1, 0.15) is 10.4 Å². The molecule has 0 radical (unpaired) electrons. The van der Waals surface area contributed by atoms with Gasteiger partial charge in [-0.05, 0) is 24.3 Å². The van der Waals surface area contributed by atoms with Crippen molar-refractivity contribution in [1.29, 1.82) is 0 Å². The standard InChI is InChI=1S/C20H25N3O5/c1-26-15-5-4-13(12-14(15)24)22-8-10-23(11-9-22)20(25)18-16(27-2)6-7-17(28-3)19(18)21/h4-7,12,24H,8-11,21H2,1-3H3. The zero-order valence-electron chi connectivity index (χ0n) is 16.3. The van der Waals surface area contributed by atoms with Crippen molar-refractivity contribution in [2.45, 2.75) is 0 Å². The molecule has 150 valence electrons. The second-order valence-corrected chi connectivity index (χ2v) is 6.39. The molecule has 1 amide bonds. The molecule has 0 spiro atoms. The van der Waals surface area contributed by atoms with Gasteiger partial charge in [-0.15, -0.1) is 0 Å². The molecule has 1 heterocycles. The third-order valence-electron chi connectivity index (χ3n) is 4.92. The van der Waals surface area contributed by atoms with E-state index in [-0.39, 0.29) is 17.3 Å². The molecule has 0 atom stereocenters. The van der Waals surface area contributed by atoms with E-state index < -0.39 is 0 Å². The maximum atomic E-state index is 13.1. The zero-order chi connectivity index (χ0) is 20.3. The highest BCUT2D eigenvalue weighted by Crippen LogP contribution is 2.34. The number of hydrogen-bond donors (Lipinski definition) is 2. The van der Waals surface area contributed by atoms with Gasteiger partial charge in [0, 0.05) is 37.9 Å². The summed E-state index contributed by atoms with van der Waals surface area (Å²) in [7, 11) is 4.53. The summed E-state index contributed by atoms with van der Waals surface area (Å²) >= 11 is 0. The molecule has 3 rings (SSSR count). The number of piperazine rings is 1. The molecule has 28 heavy (non-hydrogen) atoms. The summed E-state index contributed by atoms with van der Waals surface area (Å²) in [5.41, 5.74) is 7.61. The molecule has 8 nitrogen and oxygen atoms in total. The van der Waals surface area contributed by atoms with Gasteiger partial charge in [-0.2, -0.15) is 0 Å². The van der Waals surface area contributed by atoms with Gasteiger partial charge in [-0.25, -0.2) is 0 Å². The number of rotatable bonds is 5. The van der Waals surface area contributed by atoms with E-state index in [0.29, 0.717) is 49.0 Å². The van der Waals surface area contributed by atoms with Gasteiger partial charge in [-0.1, -0.05) is 0 Å². The summed E-state index contributed by atoms with van der Waals surface area (Å²) < 4.78 is 15.6. The Kier molecular flexibility index (Phi) is 5.67. The van der Waals surface area contributed by atoms with E-state index in [9.17, 15) is 9.90 Å². The molecular formula is C20H25N3O5. The number of methoxy groups -OCH3 is 3. The van der Waals surface area contributed by atoms with Crippen molar-refractivity contribution >= 4 is 17.3 Å². The zero-order valence-corrected chi connectivity index (χ0v) is 16.3. The minimum Gasteiger partial charge on any atom is -0.504 e. The monoisotopic (exact) mass is 387 g/mol. The highest BCUT2D eigenvalue weighted by Gasteiger charge is 2.27. The normalized spacial score (nSPS) is 14.0. The van der Waals surface area contributed by atoms with Crippen LogP contribution in [-0.2, 0) is 0 Å². The highest BCUT2D eigenvalue weighted by molar-refractivity contribution is 6.03. The molecule has 2 aromatic carbocycles. The first-order valence-electron chi connectivity index (χ1n) is 8.91. The van der Waals surface area contributed by atoms with Gasteiger partial charge in [0.25, 0.3) is 5.91 Å². The van der Waals surface area contributed by atoms with Crippen molar-refractivity contribution in [3.8, 4) is 23.0 Å². The minimum atomic E-state index is -0.189. The Morgan fingerprint density at radius 2 is 1.50 bits per heavy atom. The molecule has 1 aliphatic heterocycles. The van der Waals surface area contributed by atoms with Crippen molar-refractivity contribution < 1.29 is 24.1 Å². The van der Waals surface area contributed by atoms with Crippen LogP contribution >= 0.6 is 0 Å². The van der Waals surface area contributed by atoms with E-state index in [2.05, 4.69) is 4.90 Å². The van der Waals surface area contributed by atoms with E-state index >= 15 is 0 Å². The lowest BCUT2D eigenvalue weighted by Crippen LogP contribution is -2.49. The lowest BCUT2D eigenvalue weighted by Gasteiger charge is -2.36. The Morgan fingerprint density at radius 1 is 0.929 bits per heavy atom. The molecule has 0 aliphatic carbocycles. The van der Waals surface area contributed by atoms with Gasteiger partial charge >= 0.3 is 0 Å². The quantitative estimate of drug-likeness (QED) is 0.757. The molecule has 0 aromatic heterocycles. The fraction of sp³-hybridized carbons (Fsp3) is 0.350. The van der Waals surface area contributed by atoms with Crippen LogP contribution in [-0.4, -0.2) is 63.4 Å². The fourth-order valence-electron chi connectivity index (χ4n) is 3.35. The van der Waals surface area contributed by atoms with Gasteiger partial charge in [0.15, 0.2) is 11.5 Å². The maximum absolute atomic E-state index is 13.1. The number of anilines is 2. The van der Waals surface area contributed by atoms with E-state index in [0.717, 1.165) is 5.69 Å². The fourth-order valence-corrected chi connectivity index (χ4v) is 3.35. The molecule has 1 aliphatic rings. The molecule has 3 N–H and O–H groups in total. The van der Waals surface area contributed by atoms with Gasteiger partial charge in [0.05, 0.1) is 27.0 Å². The van der Waals surface area contributed by atoms with E-state index in [1.54, 1.807) is 29.2 Å². The van der Waals surface area contributed by atoms with Crippen molar-refractivity contribution in [2.24, 2.45) is 0 Å². The second-order valence-electron chi connectivity index (χ2n) is 6.39. The lowest BCUT2D eigenvalue weighted by atomic mass is 10.1. The van der Waals surface area contributed by atoms with Crippen LogP contribution in [0.4, 0.5) is 11.4 Å². The Balaban J connectivity index is 1.75. The number of aromatic hydroxyl groups is 1. The number of nitrogen functional groups attached to an aromatic ring is 1. The van der Waals surface area contributed by atoms with Gasteiger partial charge < -0.3 is 34.9 Å². The smallest absolute Gasteiger partial charge is 0.260 e. The number of hydrogen-bond acceptors (Lipinski definition) is 7. The number of nitrogens with two attached hydrogens (primary N) is 1. The summed E-state index contributed by atoms with van der Waals surface area (Å²) in [6.07, 6.45) is 0. The highest BCUT2D eigenvalue weighted by atomic mass is 16.5. The van der Waals surface area contributed by atoms with Gasteiger partial charge in [0.2, 0.25) is 0 Å². The van der Waals surface area contributed by atoms with Crippen LogP contribution < -0.4 is 24.8 Å². The third kappa shape index (κ3) is 3.58. The maximum Gasteiger partial charge on any atom is 0.260 e. The first-order chi connectivity index (χ1) is 13.5. The van der Waals surface area contributed by atoms with Crippen LogP contribution in [0.3, 0.4) is 0 Å². The average Bonchev–Trinajstić information content (AvgIpc) is 2.73. The lowest BCUT2D eigenvalue weighted by molar-refractivity contribution is 0.0744. The molecule has 8 heteroatoms. The van der Waals surface area contributed by atoms with Crippen LogP contribution in [0.25, 0.3) is 0 Å². The molecule has 2 aromatic rings.